The van der Waals surface area contributed by atoms with E-state index >= 15 is 0 Å². The molecule has 0 radical (unpaired) electrons. The number of carbonyl (C=O) groups excluding carboxylic acids is 2. The van der Waals surface area contributed by atoms with Crippen LogP contribution < -0.4 is 23.2 Å². The Balaban J connectivity index is 5.02. The second kappa shape index (κ2) is 5.83. The van der Waals surface area contributed by atoms with Gasteiger partial charge in [0.05, 0.1) is 6.42 Å². The maximum Gasteiger partial charge on any atom is 0.331 e. The van der Waals surface area contributed by atoms with Gasteiger partial charge in [0.25, 0.3) is 0 Å². The predicted octanol–water partition coefficient (Wildman–Crippen LogP) is -3.34. The topological polar surface area (TPSA) is 202 Å². The molecule has 98 valence electrons. The molecular weight excluding hydrogens is 236 g/mol. The number of primary amides is 2. The highest BCUT2D eigenvalue weighted by molar-refractivity contribution is 5.75. The molecule has 1 unspecified atom stereocenters. The fraction of sp³-hybridized carbons (Fsp3) is 0.500. The zero-order valence-corrected chi connectivity index (χ0v) is 8.68. The third kappa shape index (κ3) is 4.10. The summed E-state index contributed by atoms with van der Waals surface area (Å²) in [5.41, 5.74) is 9.63. The predicted molar refractivity (Wildman–Crippen MR) is 53.3 cm³/mol. The van der Waals surface area contributed by atoms with Gasteiger partial charge in [-0.25, -0.2) is 31.3 Å². The highest BCUT2D eigenvalue weighted by atomic mass is 16.4. The summed E-state index contributed by atoms with van der Waals surface area (Å²) in [4.78, 5) is 32.0. The maximum absolute atomic E-state index is 10.8. The third-order valence-corrected chi connectivity index (χ3v) is 1.81. The molecule has 0 saturated carbocycles. The van der Waals surface area contributed by atoms with E-state index in [0.717, 1.165) is 0 Å². The molecule has 0 fully saturated rings. The number of nitrogens with two attached hydrogens (primary N) is 4. The Kier molecular flexibility index (Phi) is 5.11. The largest absolute Gasteiger partial charge is 0.481 e. The molecule has 0 aromatic rings. The van der Waals surface area contributed by atoms with Crippen LogP contribution in [0.4, 0.5) is 9.59 Å². The lowest BCUT2D eigenvalue weighted by Gasteiger charge is -2.34. The van der Waals surface area contributed by atoms with Crippen molar-refractivity contribution in [3.05, 3.63) is 0 Å². The molecule has 0 saturated heterocycles. The molecule has 0 spiro atoms. The Morgan fingerprint density at radius 3 is 1.65 bits per heavy atom. The maximum atomic E-state index is 10.8. The van der Waals surface area contributed by atoms with E-state index in [-0.39, 0.29) is 10.0 Å². The summed E-state index contributed by atoms with van der Waals surface area (Å²) in [6.07, 6.45) is -4.24. The van der Waals surface area contributed by atoms with Crippen molar-refractivity contribution in [3.63, 3.8) is 0 Å². The molecule has 1 atom stereocenters. The summed E-state index contributed by atoms with van der Waals surface area (Å²) in [5, 5.41) is 18.4. The molecule has 11 heteroatoms. The van der Waals surface area contributed by atoms with Gasteiger partial charge in [-0.1, -0.05) is 0 Å². The van der Waals surface area contributed by atoms with Gasteiger partial charge in [0.1, 0.15) is 6.10 Å². The van der Waals surface area contributed by atoms with Gasteiger partial charge in [0.2, 0.25) is 0 Å². The minimum atomic E-state index is -1.75. The van der Waals surface area contributed by atoms with Gasteiger partial charge in [0, 0.05) is 0 Å². The van der Waals surface area contributed by atoms with Gasteiger partial charge >= 0.3 is 18.0 Å². The lowest BCUT2D eigenvalue weighted by atomic mass is 10.2. The standard InChI is InChI=1S/C6H14N6O5/c7-5(16)11(9)4(12(10)6(8)17)2(13)1-3(14)15/h2,4,13H,1,9-10H2,(H2,7,16)(H2,8,17)(H,14,15). The minimum Gasteiger partial charge on any atom is -0.481 e. The van der Waals surface area contributed by atoms with E-state index < -0.39 is 36.7 Å². The first-order chi connectivity index (χ1) is 7.68. The number of hydrogen-bond acceptors (Lipinski definition) is 6. The highest BCUT2D eigenvalue weighted by Crippen LogP contribution is 2.07. The molecule has 0 heterocycles. The van der Waals surface area contributed by atoms with Gasteiger partial charge in [-0.15, -0.1) is 0 Å². The lowest BCUT2D eigenvalue weighted by molar-refractivity contribution is -0.141. The van der Waals surface area contributed by atoms with Crippen molar-refractivity contribution >= 4 is 18.0 Å². The van der Waals surface area contributed by atoms with Crippen LogP contribution >= 0.6 is 0 Å². The first-order valence-electron chi connectivity index (χ1n) is 4.25. The Morgan fingerprint density at radius 2 is 1.41 bits per heavy atom. The lowest BCUT2D eigenvalue weighted by Crippen LogP contribution is -2.65. The van der Waals surface area contributed by atoms with Crippen molar-refractivity contribution in [2.75, 3.05) is 0 Å². The van der Waals surface area contributed by atoms with Crippen molar-refractivity contribution in [1.29, 1.82) is 0 Å². The fourth-order valence-electron chi connectivity index (χ4n) is 1.05. The second-order valence-electron chi connectivity index (χ2n) is 3.07. The summed E-state index contributed by atoms with van der Waals surface area (Å²) < 4.78 is 0. The van der Waals surface area contributed by atoms with Crippen molar-refractivity contribution in [2.45, 2.75) is 18.7 Å². The Bertz CT molecular complexity index is 302. The average Bonchev–Trinajstić information content (AvgIpc) is 2.15. The molecule has 0 aromatic carbocycles. The van der Waals surface area contributed by atoms with E-state index in [1.165, 1.54) is 0 Å². The number of nitrogens with zero attached hydrogens (tertiary/aromatic N) is 2. The molecule has 0 aromatic heterocycles. The van der Waals surface area contributed by atoms with Crippen molar-refractivity contribution in [2.24, 2.45) is 23.2 Å². The Hall–Kier alpha value is -2.11. The van der Waals surface area contributed by atoms with Crippen LogP contribution in [-0.2, 0) is 4.79 Å². The number of aliphatic hydroxyl groups is 1. The number of urea groups is 2. The zero-order valence-electron chi connectivity index (χ0n) is 8.68. The van der Waals surface area contributed by atoms with Gasteiger partial charge in [-0.3, -0.25) is 4.79 Å². The highest BCUT2D eigenvalue weighted by Gasteiger charge is 2.34. The number of amides is 4. The number of aliphatic hydroxyl groups excluding tert-OH is 1. The SMILES string of the molecule is NC(=O)N(N)C(C(O)CC(=O)O)N(N)C(N)=O. The van der Waals surface area contributed by atoms with E-state index in [0.29, 0.717) is 0 Å². The summed E-state index contributed by atoms with van der Waals surface area (Å²) in [6, 6.07) is -2.45. The number of hydrazine groups is 2. The number of carboxylic acids is 1. The van der Waals surface area contributed by atoms with Crippen molar-refractivity contribution < 1.29 is 24.6 Å². The Labute approximate surface area is 95.5 Å². The van der Waals surface area contributed by atoms with Crippen molar-refractivity contribution in [1.82, 2.24) is 10.0 Å². The van der Waals surface area contributed by atoms with Crippen LogP contribution in [0, 0.1) is 0 Å². The van der Waals surface area contributed by atoms with Gasteiger partial charge in [0.15, 0.2) is 6.17 Å². The summed E-state index contributed by atoms with van der Waals surface area (Å²) in [7, 11) is 0. The number of aliphatic carboxylic acids is 1. The summed E-state index contributed by atoms with van der Waals surface area (Å²) in [5.74, 6) is 8.91. The summed E-state index contributed by atoms with van der Waals surface area (Å²) in [6.45, 7) is 0. The van der Waals surface area contributed by atoms with Gasteiger partial charge in [-0.05, 0) is 0 Å². The average molecular weight is 250 g/mol. The van der Waals surface area contributed by atoms with E-state index in [9.17, 15) is 19.5 Å². The van der Waals surface area contributed by atoms with Gasteiger partial charge in [-0.2, -0.15) is 0 Å². The van der Waals surface area contributed by atoms with Crippen LogP contribution in [0.1, 0.15) is 6.42 Å². The second-order valence-corrected chi connectivity index (χ2v) is 3.07. The van der Waals surface area contributed by atoms with Crippen LogP contribution in [0.5, 0.6) is 0 Å². The molecule has 17 heavy (non-hydrogen) atoms. The molecule has 10 N–H and O–H groups in total. The fourth-order valence-corrected chi connectivity index (χ4v) is 1.05. The van der Waals surface area contributed by atoms with Crippen LogP contribution in [0.15, 0.2) is 0 Å². The van der Waals surface area contributed by atoms with E-state index in [1.54, 1.807) is 0 Å². The molecule has 11 nitrogen and oxygen atoms in total. The number of hydrogen-bond donors (Lipinski definition) is 6. The van der Waals surface area contributed by atoms with Crippen LogP contribution in [0.25, 0.3) is 0 Å². The number of rotatable bonds is 5. The first kappa shape index (κ1) is 14.9. The van der Waals surface area contributed by atoms with Gasteiger partial charge < -0.3 is 21.7 Å². The van der Waals surface area contributed by atoms with Crippen LogP contribution in [-0.4, -0.2) is 50.5 Å². The van der Waals surface area contributed by atoms with Crippen LogP contribution in [0.3, 0.4) is 0 Å². The van der Waals surface area contributed by atoms with E-state index in [4.69, 9.17) is 28.3 Å². The first-order valence-corrected chi connectivity index (χ1v) is 4.25. The molecule has 0 aliphatic carbocycles. The molecule has 0 aliphatic rings. The normalized spacial score (nSPS) is 12.0. The third-order valence-electron chi connectivity index (χ3n) is 1.81. The molecule has 0 bridgehead atoms. The van der Waals surface area contributed by atoms with E-state index in [2.05, 4.69) is 0 Å². The summed E-state index contributed by atoms with van der Waals surface area (Å²) >= 11 is 0. The molecule has 0 rings (SSSR count). The molecule has 4 amide bonds. The monoisotopic (exact) mass is 250 g/mol. The van der Waals surface area contributed by atoms with Crippen LogP contribution in [0.2, 0.25) is 0 Å². The smallest absolute Gasteiger partial charge is 0.331 e. The van der Waals surface area contributed by atoms with E-state index in [1.807, 2.05) is 0 Å². The number of carbonyl (C=O) groups is 3. The van der Waals surface area contributed by atoms with Crippen molar-refractivity contribution in [3.8, 4) is 0 Å². The quantitative estimate of drug-likeness (QED) is 0.126. The Morgan fingerprint density at radius 1 is 1.06 bits per heavy atom. The molecular formula is C6H14N6O5. The zero-order chi connectivity index (χ0) is 13.7. The minimum absolute atomic E-state index is 0.207. The number of carboxylic acid groups (broad SMARTS) is 1. The molecule has 0 aliphatic heterocycles.